The predicted molar refractivity (Wildman–Crippen MR) is 87.5 cm³/mol. The summed E-state index contributed by atoms with van der Waals surface area (Å²) in [6.07, 6.45) is 0. The third-order valence-electron chi connectivity index (χ3n) is 3.83. The number of benzene rings is 2. The number of aryl methyl sites for hydroxylation is 2. The minimum atomic E-state index is 0.180. The smallest absolute Gasteiger partial charge is 0.0427 e. The van der Waals surface area contributed by atoms with Gasteiger partial charge in [-0.2, -0.15) is 0 Å². The van der Waals surface area contributed by atoms with Gasteiger partial charge in [-0.15, -0.1) is 11.3 Å². The number of hydrogen-bond acceptors (Lipinski definition) is 1. The van der Waals surface area contributed by atoms with Crippen LogP contribution in [-0.2, 0) is 5.41 Å². The SMILES string of the molecule is Cc1cc2c(C(C)(C)C)c(C)c3ccccc3c2s1. The number of thiophene rings is 1. The van der Waals surface area contributed by atoms with Gasteiger partial charge in [0.15, 0.2) is 0 Å². The van der Waals surface area contributed by atoms with Crippen molar-refractivity contribution in [2.45, 2.75) is 40.0 Å². The molecule has 0 spiro atoms. The highest BCUT2D eigenvalue weighted by atomic mass is 32.1. The van der Waals surface area contributed by atoms with Crippen molar-refractivity contribution in [3.8, 4) is 0 Å². The molecule has 0 saturated carbocycles. The molecule has 1 heterocycles. The quantitative estimate of drug-likeness (QED) is 0.471. The van der Waals surface area contributed by atoms with Gasteiger partial charge in [-0.3, -0.25) is 0 Å². The highest BCUT2D eigenvalue weighted by Gasteiger charge is 2.22. The van der Waals surface area contributed by atoms with Crippen LogP contribution in [-0.4, -0.2) is 0 Å². The van der Waals surface area contributed by atoms with Crippen molar-refractivity contribution in [2.24, 2.45) is 0 Å². The fourth-order valence-electron chi connectivity index (χ4n) is 3.21. The monoisotopic (exact) mass is 268 g/mol. The lowest BCUT2D eigenvalue weighted by Crippen LogP contribution is -2.13. The second kappa shape index (κ2) is 4.08. The first-order valence-corrected chi connectivity index (χ1v) is 7.63. The van der Waals surface area contributed by atoms with Crippen LogP contribution in [0, 0.1) is 13.8 Å². The van der Waals surface area contributed by atoms with Crippen molar-refractivity contribution in [1.82, 2.24) is 0 Å². The Kier molecular flexibility index (Phi) is 2.72. The van der Waals surface area contributed by atoms with E-state index in [0.29, 0.717) is 0 Å². The molecule has 0 nitrogen and oxygen atoms in total. The summed E-state index contributed by atoms with van der Waals surface area (Å²) in [4.78, 5) is 1.40. The van der Waals surface area contributed by atoms with E-state index in [1.807, 2.05) is 11.3 Å². The Balaban J connectivity index is 2.62. The summed E-state index contributed by atoms with van der Waals surface area (Å²) in [7, 11) is 0. The summed E-state index contributed by atoms with van der Waals surface area (Å²) in [5, 5.41) is 4.26. The van der Waals surface area contributed by atoms with E-state index in [2.05, 4.69) is 65.0 Å². The molecule has 0 N–H and O–H groups in total. The van der Waals surface area contributed by atoms with Crippen LogP contribution in [0.4, 0.5) is 0 Å². The number of rotatable bonds is 0. The molecule has 0 amide bonds. The van der Waals surface area contributed by atoms with Gasteiger partial charge in [-0.05, 0) is 52.6 Å². The van der Waals surface area contributed by atoms with Gasteiger partial charge in [-0.25, -0.2) is 0 Å². The highest BCUT2D eigenvalue weighted by Crippen LogP contribution is 2.42. The van der Waals surface area contributed by atoms with Crippen LogP contribution in [0.15, 0.2) is 30.3 Å². The van der Waals surface area contributed by atoms with Gasteiger partial charge >= 0.3 is 0 Å². The van der Waals surface area contributed by atoms with E-state index >= 15 is 0 Å². The van der Waals surface area contributed by atoms with E-state index in [4.69, 9.17) is 0 Å². The van der Waals surface area contributed by atoms with Crippen molar-refractivity contribution in [3.05, 3.63) is 46.3 Å². The third-order valence-corrected chi connectivity index (χ3v) is 4.91. The Bertz CT molecular complexity index is 770. The molecule has 2 aromatic carbocycles. The topological polar surface area (TPSA) is 0 Å². The van der Waals surface area contributed by atoms with Crippen molar-refractivity contribution >= 4 is 32.2 Å². The van der Waals surface area contributed by atoms with E-state index in [9.17, 15) is 0 Å². The molecule has 0 aliphatic carbocycles. The zero-order valence-electron chi connectivity index (χ0n) is 12.3. The average molecular weight is 268 g/mol. The molecule has 1 heteroatoms. The first-order chi connectivity index (χ1) is 8.89. The van der Waals surface area contributed by atoms with Gasteiger partial charge in [-0.1, -0.05) is 45.0 Å². The van der Waals surface area contributed by atoms with Gasteiger partial charge in [0, 0.05) is 9.58 Å². The molecule has 0 bridgehead atoms. The summed E-state index contributed by atoms with van der Waals surface area (Å²) < 4.78 is 1.45. The Morgan fingerprint density at radius 1 is 0.895 bits per heavy atom. The second-order valence-corrected chi connectivity index (χ2v) is 7.65. The molecule has 3 rings (SSSR count). The Hall–Kier alpha value is -1.34. The molecule has 0 aliphatic heterocycles. The lowest BCUT2D eigenvalue weighted by atomic mass is 9.80. The fraction of sp³-hybridized carbons (Fsp3) is 0.333. The van der Waals surface area contributed by atoms with Gasteiger partial charge in [0.1, 0.15) is 0 Å². The maximum Gasteiger partial charge on any atom is 0.0427 e. The zero-order chi connectivity index (χ0) is 13.8. The molecule has 0 fully saturated rings. The van der Waals surface area contributed by atoms with Gasteiger partial charge in [0.2, 0.25) is 0 Å². The summed E-state index contributed by atoms with van der Waals surface area (Å²) in [5.41, 5.74) is 3.12. The minimum absolute atomic E-state index is 0.180. The van der Waals surface area contributed by atoms with Gasteiger partial charge in [0.05, 0.1) is 0 Å². The number of hydrogen-bond donors (Lipinski definition) is 0. The molecular weight excluding hydrogens is 248 g/mol. The fourth-order valence-corrected chi connectivity index (χ4v) is 4.27. The molecule has 0 radical (unpaired) electrons. The van der Waals surface area contributed by atoms with E-state index < -0.39 is 0 Å². The summed E-state index contributed by atoms with van der Waals surface area (Å²) in [5.74, 6) is 0. The van der Waals surface area contributed by atoms with Crippen molar-refractivity contribution < 1.29 is 0 Å². The molecule has 0 saturated heterocycles. The van der Waals surface area contributed by atoms with Crippen LogP contribution >= 0.6 is 11.3 Å². The molecule has 98 valence electrons. The molecule has 0 unspecified atom stereocenters. The summed E-state index contributed by atoms with van der Waals surface area (Å²) in [6, 6.07) is 11.2. The largest absolute Gasteiger partial charge is 0.140 e. The predicted octanol–water partition coefficient (Wildman–Crippen LogP) is 5.97. The summed E-state index contributed by atoms with van der Waals surface area (Å²) >= 11 is 1.92. The van der Waals surface area contributed by atoms with Crippen molar-refractivity contribution in [2.75, 3.05) is 0 Å². The molecule has 19 heavy (non-hydrogen) atoms. The maximum absolute atomic E-state index is 2.36. The second-order valence-electron chi connectivity index (χ2n) is 6.40. The first-order valence-electron chi connectivity index (χ1n) is 6.81. The van der Waals surface area contributed by atoms with Gasteiger partial charge < -0.3 is 0 Å². The van der Waals surface area contributed by atoms with Crippen molar-refractivity contribution in [3.63, 3.8) is 0 Å². The van der Waals surface area contributed by atoms with Crippen LogP contribution in [0.2, 0.25) is 0 Å². The standard InChI is InChI=1S/C18H20S/c1-11-10-15-16(18(3,4)5)12(2)13-8-6-7-9-14(13)17(15)19-11/h6-10H,1-5H3. The van der Waals surface area contributed by atoms with Crippen LogP contribution < -0.4 is 0 Å². The van der Waals surface area contributed by atoms with Crippen LogP contribution in [0.5, 0.6) is 0 Å². The zero-order valence-corrected chi connectivity index (χ0v) is 13.1. The van der Waals surface area contributed by atoms with Crippen molar-refractivity contribution in [1.29, 1.82) is 0 Å². The molecular formula is C18H20S. The average Bonchev–Trinajstić information content (AvgIpc) is 2.69. The minimum Gasteiger partial charge on any atom is -0.140 e. The highest BCUT2D eigenvalue weighted by molar-refractivity contribution is 7.20. The maximum atomic E-state index is 2.36. The Morgan fingerprint density at radius 3 is 2.16 bits per heavy atom. The molecule has 0 aliphatic rings. The lowest BCUT2D eigenvalue weighted by molar-refractivity contribution is 0.593. The van der Waals surface area contributed by atoms with E-state index in [0.717, 1.165) is 0 Å². The Labute approximate surface area is 119 Å². The van der Waals surface area contributed by atoms with Crippen LogP contribution in [0.3, 0.4) is 0 Å². The van der Waals surface area contributed by atoms with E-state index in [1.54, 1.807) is 0 Å². The van der Waals surface area contributed by atoms with Crippen LogP contribution in [0.25, 0.3) is 20.9 Å². The van der Waals surface area contributed by atoms with E-state index in [1.165, 1.54) is 36.9 Å². The molecule has 0 atom stereocenters. The normalized spacial score (nSPS) is 12.5. The molecule has 1 aromatic heterocycles. The lowest BCUT2D eigenvalue weighted by Gasteiger charge is -2.24. The van der Waals surface area contributed by atoms with E-state index in [-0.39, 0.29) is 5.41 Å². The van der Waals surface area contributed by atoms with Crippen LogP contribution in [0.1, 0.15) is 36.8 Å². The van der Waals surface area contributed by atoms with Gasteiger partial charge in [0.25, 0.3) is 0 Å². The summed E-state index contributed by atoms with van der Waals surface area (Å²) in [6.45, 7) is 11.4. The third kappa shape index (κ3) is 1.88. The first kappa shape index (κ1) is 12.7. The molecule has 3 aromatic rings. The number of fused-ring (bicyclic) bond motifs is 3. The Morgan fingerprint density at radius 2 is 1.53 bits per heavy atom.